The third-order valence-electron chi connectivity index (χ3n) is 3.10. The molecule has 0 heterocycles. The van der Waals surface area contributed by atoms with Gasteiger partial charge in [0.15, 0.2) is 0 Å². The smallest absolute Gasteiger partial charge is 0.416 e. The molecular formula is C18H21F3N4O3. The Bertz CT molecular complexity index is 792. The standard InChI is InChI=1S/C18H21F3N4O3/c1-17(2,3)28-16(27)25(8-7-22)11-12(10-23)15(26)24-14-6-4-5-13(9-14)18(19,20)21/h4-6,9,11H,7-8,22H2,1-3H3,(H,24,26)/b12-11-. The fourth-order valence-corrected chi connectivity index (χ4v) is 1.93. The zero-order chi connectivity index (χ0) is 21.5. The van der Waals surface area contributed by atoms with Crippen LogP contribution in [0.4, 0.5) is 23.7 Å². The molecule has 0 saturated heterocycles. The summed E-state index contributed by atoms with van der Waals surface area (Å²) >= 11 is 0. The average Bonchev–Trinajstić information content (AvgIpc) is 2.56. The number of alkyl halides is 3. The first-order valence-corrected chi connectivity index (χ1v) is 8.17. The Morgan fingerprint density at radius 2 is 1.96 bits per heavy atom. The second-order valence-corrected chi connectivity index (χ2v) is 6.65. The van der Waals surface area contributed by atoms with Crippen molar-refractivity contribution >= 4 is 17.7 Å². The van der Waals surface area contributed by atoms with E-state index < -0.39 is 34.9 Å². The highest BCUT2D eigenvalue weighted by Gasteiger charge is 2.30. The third kappa shape index (κ3) is 7.28. The van der Waals surface area contributed by atoms with Gasteiger partial charge < -0.3 is 15.8 Å². The van der Waals surface area contributed by atoms with Crippen molar-refractivity contribution in [1.82, 2.24) is 4.90 Å². The molecule has 0 saturated carbocycles. The lowest BCUT2D eigenvalue weighted by molar-refractivity contribution is -0.137. The van der Waals surface area contributed by atoms with Crippen molar-refractivity contribution in [3.05, 3.63) is 41.6 Å². The highest BCUT2D eigenvalue weighted by Crippen LogP contribution is 2.30. The van der Waals surface area contributed by atoms with Crippen molar-refractivity contribution < 1.29 is 27.5 Å². The van der Waals surface area contributed by atoms with E-state index in [1.807, 2.05) is 0 Å². The van der Waals surface area contributed by atoms with Crippen LogP contribution < -0.4 is 11.1 Å². The van der Waals surface area contributed by atoms with Gasteiger partial charge in [-0.25, -0.2) is 4.79 Å². The maximum absolute atomic E-state index is 12.8. The molecule has 0 aromatic heterocycles. The first-order valence-electron chi connectivity index (χ1n) is 8.17. The molecule has 0 atom stereocenters. The van der Waals surface area contributed by atoms with Gasteiger partial charge in [0.05, 0.1) is 5.56 Å². The van der Waals surface area contributed by atoms with Gasteiger partial charge in [0.1, 0.15) is 17.2 Å². The maximum atomic E-state index is 12.8. The molecule has 0 fully saturated rings. The van der Waals surface area contributed by atoms with Gasteiger partial charge in [-0.2, -0.15) is 18.4 Å². The summed E-state index contributed by atoms with van der Waals surface area (Å²) in [6, 6.07) is 5.56. The predicted octanol–water partition coefficient (Wildman–Crippen LogP) is 3.25. The first kappa shape index (κ1) is 23.0. The zero-order valence-electron chi connectivity index (χ0n) is 15.6. The van der Waals surface area contributed by atoms with Crippen molar-refractivity contribution in [2.75, 3.05) is 18.4 Å². The number of nitrogens with two attached hydrogens (primary N) is 1. The normalized spacial score (nSPS) is 12.1. The molecule has 28 heavy (non-hydrogen) atoms. The summed E-state index contributed by atoms with van der Waals surface area (Å²) < 4.78 is 43.5. The molecule has 0 bridgehead atoms. The Morgan fingerprint density at radius 1 is 1.32 bits per heavy atom. The van der Waals surface area contributed by atoms with Gasteiger partial charge in [0, 0.05) is 25.0 Å². The number of hydrogen-bond acceptors (Lipinski definition) is 5. The number of anilines is 1. The second kappa shape index (κ2) is 9.23. The summed E-state index contributed by atoms with van der Waals surface area (Å²) in [4.78, 5) is 25.4. The Kier molecular flexibility index (Phi) is 7.58. The third-order valence-corrected chi connectivity index (χ3v) is 3.10. The van der Waals surface area contributed by atoms with E-state index in [2.05, 4.69) is 5.32 Å². The van der Waals surface area contributed by atoms with Crippen molar-refractivity contribution in [1.29, 1.82) is 5.26 Å². The molecule has 0 unspecified atom stereocenters. The lowest BCUT2D eigenvalue weighted by Crippen LogP contribution is -2.37. The summed E-state index contributed by atoms with van der Waals surface area (Å²) in [6.45, 7) is 4.92. The summed E-state index contributed by atoms with van der Waals surface area (Å²) in [7, 11) is 0. The van der Waals surface area contributed by atoms with Crippen LogP contribution in [0.1, 0.15) is 26.3 Å². The van der Waals surface area contributed by atoms with E-state index in [9.17, 15) is 28.0 Å². The van der Waals surface area contributed by atoms with Crippen LogP contribution in [0.2, 0.25) is 0 Å². The molecule has 10 heteroatoms. The highest BCUT2D eigenvalue weighted by atomic mass is 19.4. The molecule has 3 N–H and O–H groups in total. The van der Waals surface area contributed by atoms with E-state index >= 15 is 0 Å². The number of ether oxygens (including phenoxy) is 1. The van der Waals surface area contributed by atoms with Crippen LogP contribution in [0.3, 0.4) is 0 Å². The van der Waals surface area contributed by atoms with Crippen LogP contribution in [0.15, 0.2) is 36.0 Å². The fraction of sp³-hybridized carbons (Fsp3) is 0.389. The van der Waals surface area contributed by atoms with E-state index in [0.717, 1.165) is 29.3 Å². The summed E-state index contributed by atoms with van der Waals surface area (Å²) in [6.07, 6.45) is -4.45. The molecule has 0 spiro atoms. The number of nitrogens with one attached hydrogen (secondary N) is 1. The molecule has 1 aromatic rings. The van der Waals surface area contributed by atoms with E-state index in [1.54, 1.807) is 26.8 Å². The molecule has 7 nitrogen and oxygen atoms in total. The summed E-state index contributed by atoms with van der Waals surface area (Å²) in [5, 5.41) is 11.4. The minimum Gasteiger partial charge on any atom is -0.443 e. The van der Waals surface area contributed by atoms with Crippen LogP contribution in [0, 0.1) is 11.3 Å². The Balaban J connectivity index is 3.05. The highest BCUT2D eigenvalue weighted by molar-refractivity contribution is 6.06. The van der Waals surface area contributed by atoms with E-state index in [1.165, 1.54) is 6.07 Å². The monoisotopic (exact) mass is 398 g/mol. The van der Waals surface area contributed by atoms with Gasteiger partial charge in [-0.3, -0.25) is 9.69 Å². The van der Waals surface area contributed by atoms with Gasteiger partial charge in [0.25, 0.3) is 5.91 Å². The van der Waals surface area contributed by atoms with Crippen LogP contribution >= 0.6 is 0 Å². The topological polar surface area (TPSA) is 108 Å². The van der Waals surface area contributed by atoms with Crippen LogP contribution in [-0.4, -0.2) is 35.6 Å². The minimum atomic E-state index is -4.58. The average molecular weight is 398 g/mol. The lowest BCUT2D eigenvalue weighted by Gasteiger charge is -2.25. The molecule has 0 aliphatic rings. The Hall–Kier alpha value is -3.06. The molecule has 1 aromatic carbocycles. The first-order chi connectivity index (χ1) is 12.9. The maximum Gasteiger partial charge on any atom is 0.416 e. The van der Waals surface area contributed by atoms with E-state index in [4.69, 9.17) is 10.5 Å². The van der Waals surface area contributed by atoms with Gasteiger partial charge in [0.2, 0.25) is 0 Å². The molecule has 0 radical (unpaired) electrons. The molecular weight excluding hydrogens is 377 g/mol. The Morgan fingerprint density at radius 3 is 2.46 bits per heavy atom. The number of nitrogens with zero attached hydrogens (tertiary/aromatic N) is 2. The molecule has 0 aliphatic heterocycles. The summed E-state index contributed by atoms with van der Waals surface area (Å²) in [5.41, 5.74) is 3.02. The number of carbonyl (C=O) groups is 2. The molecule has 1 rings (SSSR count). The van der Waals surface area contributed by atoms with Gasteiger partial charge in [-0.05, 0) is 39.0 Å². The number of halogens is 3. The fourth-order valence-electron chi connectivity index (χ4n) is 1.93. The van der Waals surface area contributed by atoms with Gasteiger partial charge in [-0.15, -0.1) is 0 Å². The number of benzene rings is 1. The number of hydrogen-bond donors (Lipinski definition) is 2. The van der Waals surface area contributed by atoms with Crippen molar-refractivity contribution in [3.63, 3.8) is 0 Å². The number of carbonyl (C=O) groups excluding carboxylic acids is 2. The lowest BCUT2D eigenvalue weighted by atomic mass is 10.2. The van der Waals surface area contributed by atoms with Crippen molar-refractivity contribution in [2.24, 2.45) is 5.73 Å². The van der Waals surface area contributed by atoms with Crippen LogP contribution in [0.5, 0.6) is 0 Å². The van der Waals surface area contributed by atoms with Crippen LogP contribution in [-0.2, 0) is 15.7 Å². The Labute approximate surface area is 160 Å². The zero-order valence-corrected chi connectivity index (χ0v) is 15.6. The largest absolute Gasteiger partial charge is 0.443 e. The van der Waals surface area contributed by atoms with E-state index in [0.29, 0.717) is 0 Å². The number of rotatable bonds is 5. The quantitative estimate of drug-likeness (QED) is 0.585. The second-order valence-electron chi connectivity index (χ2n) is 6.65. The van der Waals surface area contributed by atoms with Crippen LogP contribution in [0.25, 0.3) is 0 Å². The predicted molar refractivity (Wildman–Crippen MR) is 95.8 cm³/mol. The van der Waals surface area contributed by atoms with Gasteiger partial charge >= 0.3 is 12.3 Å². The molecule has 0 aliphatic carbocycles. The number of nitriles is 1. The van der Waals surface area contributed by atoms with E-state index in [-0.39, 0.29) is 18.8 Å². The van der Waals surface area contributed by atoms with Gasteiger partial charge in [-0.1, -0.05) is 6.07 Å². The molecule has 152 valence electrons. The summed E-state index contributed by atoms with van der Waals surface area (Å²) in [5.74, 6) is -0.979. The SMILES string of the molecule is CC(C)(C)OC(=O)N(/C=C(/C#N)C(=O)Nc1cccc(C(F)(F)F)c1)CCN. The molecule has 2 amide bonds. The minimum absolute atomic E-state index is 0.0308. The van der Waals surface area contributed by atoms with Crippen molar-refractivity contribution in [3.8, 4) is 6.07 Å². The van der Waals surface area contributed by atoms with Crippen molar-refractivity contribution in [2.45, 2.75) is 32.5 Å². The number of amides is 2.